The van der Waals surface area contributed by atoms with Crippen LogP contribution in [0.3, 0.4) is 0 Å². The Balaban J connectivity index is 1.55. The van der Waals surface area contributed by atoms with Crippen LogP contribution in [0.25, 0.3) is 11.0 Å². The minimum Gasteiger partial charge on any atom is -0.361 e. The molecular weight excluding hydrogens is 426 g/mol. The monoisotopic (exact) mass is 465 g/mol. The SMILES string of the molecule is C[Si](C)(C)CCOCn1c(NC2CCCCN2Cc2ccccc2)cc2cc(CN)cnc21. The van der Waals surface area contributed by atoms with Gasteiger partial charge in [0.05, 0.1) is 6.17 Å². The summed E-state index contributed by atoms with van der Waals surface area (Å²) >= 11 is 0. The number of nitrogens with two attached hydrogens (primary N) is 1. The molecular formula is C26H39N5OSi. The number of pyridine rings is 1. The van der Waals surface area contributed by atoms with E-state index in [-0.39, 0.29) is 6.17 Å². The van der Waals surface area contributed by atoms with Gasteiger partial charge in [-0.25, -0.2) is 4.98 Å². The highest BCUT2D eigenvalue weighted by molar-refractivity contribution is 6.76. The molecule has 7 heteroatoms. The first-order chi connectivity index (χ1) is 15.9. The minimum atomic E-state index is -1.13. The number of nitrogens with one attached hydrogen (secondary N) is 1. The molecule has 0 saturated carbocycles. The normalized spacial score (nSPS) is 17.5. The molecule has 1 aromatic carbocycles. The first kappa shape index (κ1) is 23.9. The number of anilines is 1. The van der Waals surface area contributed by atoms with Gasteiger partial charge in [0, 0.05) is 45.9 Å². The summed E-state index contributed by atoms with van der Waals surface area (Å²) < 4.78 is 8.34. The fourth-order valence-electron chi connectivity index (χ4n) is 4.42. The van der Waals surface area contributed by atoms with Gasteiger partial charge in [-0.2, -0.15) is 0 Å². The van der Waals surface area contributed by atoms with Crippen molar-refractivity contribution in [1.82, 2.24) is 14.5 Å². The molecule has 1 fully saturated rings. The first-order valence-electron chi connectivity index (χ1n) is 12.2. The highest BCUT2D eigenvalue weighted by Gasteiger charge is 2.24. The number of nitrogens with zero attached hydrogens (tertiary/aromatic N) is 3. The van der Waals surface area contributed by atoms with E-state index in [2.05, 4.69) is 76.9 Å². The second-order valence-electron chi connectivity index (χ2n) is 10.4. The molecule has 6 nitrogen and oxygen atoms in total. The second-order valence-corrected chi connectivity index (χ2v) is 16.0. The lowest BCUT2D eigenvalue weighted by Crippen LogP contribution is -2.44. The number of hydrogen-bond acceptors (Lipinski definition) is 5. The Morgan fingerprint density at radius 3 is 2.70 bits per heavy atom. The Hall–Kier alpha value is -2.19. The maximum atomic E-state index is 6.15. The number of ether oxygens (including phenoxy) is 1. The predicted octanol–water partition coefficient (Wildman–Crippen LogP) is 5.23. The summed E-state index contributed by atoms with van der Waals surface area (Å²) in [5.41, 5.74) is 9.23. The quantitative estimate of drug-likeness (QED) is 0.317. The highest BCUT2D eigenvalue weighted by Crippen LogP contribution is 2.27. The molecule has 1 saturated heterocycles. The van der Waals surface area contributed by atoms with E-state index in [9.17, 15) is 0 Å². The molecule has 4 rings (SSSR count). The zero-order valence-electron chi connectivity index (χ0n) is 20.4. The molecule has 0 radical (unpaired) electrons. The van der Waals surface area contributed by atoms with Gasteiger partial charge in [0.2, 0.25) is 0 Å². The molecule has 178 valence electrons. The van der Waals surface area contributed by atoms with Crippen molar-refractivity contribution in [3.8, 4) is 0 Å². The van der Waals surface area contributed by atoms with E-state index in [0.717, 1.165) is 54.6 Å². The van der Waals surface area contributed by atoms with Gasteiger partial charge in [0.15, 0.2) is 0 Å². The third-order valence-corrected chi connectivity index (χ3v) is 8.10. The van der Waals surface area contributed by atoms with Crippen LogP contribution >= 0.6 is 0 Å². The molecule has 3 heterocycles. The molecule has 0 amide bonds. The summed E-state index contributed by atoms with van der Waals surface area (Å²) in [5.74, 6) is 1.07. The minimum absolute atomic E-state index is 0.290. The van der Waals surface area contributed by atoms with Gasteiger partial charge in [0.1, 0.15) is 18.2 Å². The Morgan fingerprint density at radius 1 is 1.12 bits per heavy atom. The van der Waals surface area contributed by atoms with Crippen LogP contribution in [0.15, 0.2) is 48.7 Å². The first-order valence-corrected chi connectivity index (χ1v) is 15.9. The molecule has 0 bridgehead atoms. The molecule has 3 aromatic rings. The van der Waals surface area contributed by atoms with Crippen molar-refractivity contribution in [3.63, 3.8) is 0 Å². The van der Waals surface area contributed by atoms with Crippen molar-refractivity contribution in [3.05, 3.63) is 59.8 Å². The van der Waals surface area contributed by atoms with Crippen LogP contribution in [0.2, 0.25) is 25.7 Å². The van der Waals surface area contributed by atoms with Gasteiger partial charge in [0.25, 0.3) is 0 Å². The van der Waals surface area contributed by atoms with Crippen LogP contribution < -0.4 is 11.1 Å². The molecule has 1 aliphatic rings. The third-order valence-electron chi connectivity index (χ3n) is 6.40. The number of aromatic nitrogens is 2. The standard InChI is InChI=1S/C26H39N5OSi/c1-33(2,3)14-13-32-20-31-25(16-23-15-22(17-27)18-28-26(23)31)29-24-11-7-8-12-30(24)19-21-9-5-4-6-10-21/h4-6,9-10,15-16,18,24,29H,7-8,11-14,17,19-20,27H2,1-3H3. The Bertz CT molecular complexity index is 1030. The number of piperidine rings is 1. The summed E-state index contributed by atoms with van der Waals surface area (Å²) in [7, 11) is -1.13. The van der Waals surface area contributed by atoms with Gasteiger partial charge < -0.3 is 15.8 Å². The van der Waals surface area contributed by atoms with Crippen LogP contribution in [-0.2, 0) is 24.6 Å². The van der Waals surface area contributed by atoms with Crippen molar-refractivity contribution in [2.45, 2.75) is 70.9 Å². The summed E-state index contributed by atoms with van der Waals surface area (Å²) in [6.45, 7) is 11.0. The zero-order chi connectivity index (χ0) is 23.3. The lowest BCUT2D eigenvalue weighted by Gasteiger charge is -2.37. The van der Waals surface area contributed by atoms with Crippen molar-refractivity contribution >= 4 is 24.9 Å². The number of hydrogen-bond donors (Lipinski definition) is 2. The molecule has 0 aliphatic carbocycles. The largest absolute Gasteiger partial charge is 0.361 e. The average molecular weight is 466 g/mol. The van der Waals surface area contributed by atoms with Gasteiger partial charge >= 0.3 is 0 Å². The molecule has 0 spiro atoms. The van der Waals surface area contributed by atoms with E-state index in [1.807, 2.05) is 6.20 Å². The van der Waals surface area contributed by atoms with Crippen LogP contribution in [0.5, 0.6) is 0 Å². The molecule has 2 aromatic heterocycles. The van der Waals surface area contributed by atoms with E-state index < -0.39 is 8.07 Å². The summed E-state index contributed by atoms with van der Waals surface area (Å²) in [5, 5.41) is 4.96. The lowest BCUT2D eigenvalue weighted by atomic mass is 10.1. The van der Waals surface area contributed by atoms with Gasteiger partial charge in [-0.3, -0.25) is 9.47 Å². The summed E-state index contributed by atoms with van der Waals surface area (Å²) in [6, 6.07) is 16.3. The summed E-state index contributed by atoms with van der Waals surface area (Å²) in [6.07, 6.45) is 5.79. The Labute approximate surface area is 199 Å². The molecule has 1 aliphatic heterocycles. The van der Waals surface area contributed by atoms with Crippen LogP contribution in [0.4, 0.5) is 5.82 Å². The molecule has 3 N–H and O–H groups in total. The third kappa shape index (κ3) is 6.44. The van der Waals surface area contributed by atoms with E-state index in [4.69, 9.17) is 15.5 Å². The predicted molar refractivity (Wildman–Crippen MR) is 140 cm³/mol. The fourth-order valence-corrected chi connectivity index (χ4v) is 5.18. The lowest BCUT2D eigenvalue weighted by molar-refractivity contribution is 0.0902. The van der Waals surface area contributed by atoms with E-state index in [0.29, 0.717) is 13.3 Å². The Morgan fingerprint density at radius 2 is 1.94 bits per heavy atom. The Kier molecular flexibility index (Phi) is 7.85. The smallest absolute Gasteiger partial charge is 0.143 e. The summed E-state index contributed by atoms with van der Waals surface area (Å²) in [4.78, 5) is 7.30. The second kappa shape index (κ2) is 10.8. The van der Waals surface area contributed by atoms with Crippen molar-refractivity contribution in [2.24, 2.45) is 5.73 Å². The number of likely N-dealkylation sites (tertiary alicyclic amines) is 1. The van der Waals surface area contributed by atoms with Crippen molar-refractivity contribution < 1.29 is 4.74 Å². The van der Waals surface area contributed by atoms with E-state index >= 15 is 0 Å². The van der Waals surface area contributed by atoms with E-state index in [1.54, 1.807) is 0 Å². The number of fused-ring (bicyclic) bond motifs is 1. The number of rotatable bonds is 10. The van der Waals surface area contributed by atoms with Crippen LogP contribution in [0.1, 0.15) is 30.4 Å². The van der Waals surface area contributed by atoms with Gasteiger partial charge in [-0.05, 0) is 48.6 Å². The molecule has 1 unspecified atom stereocenters. The molecule has 1 atom stereocenters. The number of benzene rings is 1. The maximum absolute atomic E-state index is 6.15. The highest BCUT2D eigenvalue weighted by atomic mass is 28.3. The zero-order valence-corrected chi connectivity index (χ0v) is 21.4. The van der Waals surface area contributed by atoms with Crippen molar-refractivity contribution in [2.75, 3.05) is 18.5 Å². The average Bonchev–Trinajstić information content (AvgIpc) is 3.14. The molecule has 33 heavy (non-hydrogen) atoms. The maximum Gasteiger partial charge on any atom is 0.143 e. The van der Waals surface area contributed by atoms with Crippen LogP contribution in [-0.4, -0.2) is 41.8 Å². The van der Waals surface area contributed by atoms with Gasteiger partial charge in [-0.15, -0.1) is 0 Å². The van der Waals surface area contributed by atoms with Crippen LogP contribution in [0, 0.1) is 0 Å². The topological polar surface area (TPSA) is 68.3 Å². The van der Waals surface area contributed by atoms with E-state index in [1.165, 1.54) is 18.4 Å². The fraction of sp³-hybridized carbons (Fsp3) is 0.500. The van der Waals surface area contributed by atoms with Crippen molar-refractivity contribution in [1.29, 1.82) is 0 Å². The van der Waals surface area contributed by atoms with Gasteiger partial charge in [-0.1, -0.05) is 50.0 Å².